The molecule has 1 amide bonds. The van der Waals surface area contributed by atoms with Crippen LogP contribution in [0.5, 0.6) is 5.75 Å². The van der Waals surface area contributed by atoms with Gasteiger partial charge in [0, 0.05) is 19.8 Å². The Hall–Kier alpha value is -3.30. The Balaban J connectivity index is 1.98. The Morgan fingerprint density at radius 1 is 1.28 bits per heavy atom. The molecule has 8 nitrogen and oxygen atoms in total. The van der Waals surface area contributed by atoms with Gasteiger partial charge in [0.15, 0.2) is 5.75 Å². The van der Waals surface area contributed by atoms with Crippen molar-refractivity contribution < 1.29 is 24.5 Å². The number of aliphatic hydroxyl groups is 2. The van der Waals surface area contributed by atoms with Crippen LogP contribution >= 0.6 is 0 Å². The van der Waals surface area contributed by atoms with Crippen molar-refractivity contribution in [1.82, 2.24) is 14.9 Å². The summed E-state index contributed by atoms with van der Waals surface area (Å²) in [7, 11) is 1.45. The quantitative estimate of drug-likeness (QED) is 0.475. The predicted octanol–water partition coefficient (Wildman–Crippen LogP) is 0.452. The molecule has 0 bridgehead atoms. The van der Waals surface area contributed by atoms with Gasteiger partial charge in [0.05, 0.1) is 18.2 Å². The molecule has 0 aliphatic carbocycles. The molecule has 3 aromatic rings. The first-order valence-electron chi connectivity index (χ1n) is 8.84. The maximum atomic E-state index is 13.1. The Morgan fingerprint density at radius 2 is 1.97 bits per heavy atom. The molecule has 0 aliphatic rings. The minimum absolute atomic E-state index is 0.0720. The summed E-state index contributed by atoms with van der Waals surface area (Å²) in [6.07, 6.45) is 0.768. The van der Waals surface area contributed by atoms with E-state index in [9.17, 15) is 24.2 Å². The second-order valence-corrected chi connectivity index (χ2v) is 6.65. The number of aliphatic hydroxyl groups excluding tert-OH is 2. The van der Waals surface area contributed by atoms with Crippen LogP contribution in [0.4, 0.5) is 4.39 Å². The van der Waals surface area contributed by atoms with E-state index in [1.54, 1.807) is 18.2 Å². The van der Waals surface area contributed by atoms with E-state index in [4.69, 9.17) is 5.11 Å². The molecule has 0 saturated heterocycles. The summed E-state index contributed by atoms with van der Waals surface area (Å²) in [5.74, 6) is -1.78. The number of amides is 1. The lowest BCUT2D eigenvalue weighted by atomic mass is 10.1. The fourth-order valence-electron chi connectivity index (χ4n) is 2.93. The molecule has 3 rings (SSSR count). The van der Waals surface area contributed by atoms with E-state index < -0.39 is 35.5 Å². The number of nitrogens with zero attached hydrogens (tertiary/aromatic N) is 2. The molecule has 152 valence electrons. The maximum Gasteiger partial charge on any atom is 0.267 e. The second-order valence-electron chi connectivity index (χ2n) is 6.65. The maximum absolute atomic E-state index is 13.1. The SMILES string of the molecule is Cn1c(=O)c(C(=O)NC[C@@H](O)CO)c(O)c2ncc(Cc3ccc(F)cc3)cc21. The summed E-state index contributed by atoms with van der Waals surface area (Å²) in [6.45, 7) is -0.833. The molecule has 1 aromatic carbocycles. The Kier molecular flexibility index (Phi) is 5.90. The molecule has 0 spiro atoms. The van der Waals surface area contributed by atoms with E-state index in [-0.39, 0.29) is 17.9 Å². The molecule has 0 unspecified atom stereocenters. The summed E-state index contributed by atoms with van der Waals surface area (Å²) in [5, 5.41) is 30.9. The highest BCUT2D eigenvalue weighted by Gasteiger charge is 2.22. The van der Waals surface area contributed by atoms with E-state index in [2.05, 4.69) is 10.3 Å². The highest BCUT2D eigenvalue weighted by molar-refractivity contribution is 6.01. The van der Waals surface area contributed by atoms with Gasteiger partial charge in [-0.25, -0.2) is 4.39 Å². The topological polar surface area (TPSA) is 125 Å². The summed E-state index contributed by atoms with van der Waals surface area (Å²) in [6, 6.07) is 7.66. The van der Waals surface area contributed by atoms with Gasteiger partial charge >= 0.3 is 0 Å². The fourth-order valence-corrected chi connectivity index (χ4v) is 2.93. The second kappa shape index (κ2) is 8.38. The third kappa shape index (κ3) is 4.25. The number of carbonyl (C=O) groups is 1. The van der Waals surface area contributed by atoms with E-state index in [0.29, 0.717) is 11.9 Å². The van der Waals surface area contributed by atoms with Crippen molar-refractivity contribution in [2.24, 2.45) is 7.05 Å². The van der Waals surface area contributed by atoms with Crippen LogP contribution in [0.3, 0.4) is 0 Å². The van der Waals surface area contributed by atoms with Crippen molar-refractivity contribution in [3.63, 3.8) is 0 Å². The van der Waals surface area contributed by atoms with Crippen molar-refractivity contribution in [1.29, 1.82) is 0 Å². The minimum Gasteiger partial charge on any atom is -0.505 e. The number of carbonyl (C=O) groups excluding carboxylic acids is 1. The highest BCUT2D eigenvalue weighted by atomic mass is 19.1. The standard InChI is InChI=1S/C20H20FN3O5/c1-24-15-7-12(6-11-2-4-13(21)5-3-11)8-22-17(15)18(27)16(20(24)29)19(28)23-9-14(26)10-25/h2-5,7-8,14,25-27H,6,9-10H2,1H3,(H,23,28)/t14-/m1/s1. The van der Waals surface area contributed by atoms with Gasteiger partial charge in [0.2, 0.25) is 0 Å². The Labute approximate surface area is 164 Å². The molecular formula is C20H20FN3O5. The van der Waals surface area contributed by atoms with Crippen LogP contribution in [-0.4, -0.2) is 50.0 Å². The molecular weight excluding hydrogens is 381 g/mol. The number of nitrogens with one attached hydrogen (secondary N) is 1. The molecule has 4 N–H and O–H groups in total. The first kappa shape index (κ1) is 20.4. The normalized spacial score (nSPS) is 12.1. The number of hydrogen-bond acceptors (Lipinski definition) is 6. The van der Waals surface area contributed by atoms with Crippen molar-refractivity contribution in [3.05, 3.63) is 69.4 Å². The monoisotopic (exact) mass is 401 g/mol. The lowest BCUT2D eigenvalue weighted by molar-refractivity contribution is 0.0799. The molecule has 2 aromatic heterocycles. The number of halogens is 1. The third-order valence-corrected chi connectivity index (χ3v) is 4.52. The number of pyridine rings is 2. The number of rotatable bonds is 6. The van der Waals surface area contributed by atoms with Crippen LogP contribution in [0, 0.1) is 5.82 Å². The summed E-state index contributed by atoms with van der Waals surface area (Å²) < 4.78 is 14.3. The van der Waals surface area contributed by atoms with E-state index in [0.717, 1.165) is 11.1 Å². The molecule has 1 atom stereocenters. The van der Waals surface area contributed by atoms with Crippen LogP contribution in [0.15, 0.2) is 41.3 Å². The molecule has 0 saturated carbocycles. The van der Waals surface area contributed by atoms with Crippen LogP contribution < -0.4 is 10.9 Å². The largest absolute Gasteiger partial charge is 0.505 e. The zero-order valence-electron chi connectivity index (χ0n) is 15.6. The smallest absolute Gasteiger partial charge is 0.267 e. The molecule has 2 heterocycles. The van der Waals surface area contributed by atoms with Crippen molar-refractivity contribution in [2.45, 2.75) is 12.5 Å². The van der Waals surface area contributed by atoms with E-state index in [1.807, 2.05) is 0 Å². The first-order chi connectivity index (χ1) is 13.8. The van der Waals surface area contributed by atoms with Gasteiger partial charge in [-0.05, 0) is 35.7 Å². The molecule has 29 heavy (non-hydrogen) atoms. The molecule has 0 radical (unpaired) electrons. The zero-order valence-corrected chi connectivity index (χ0v) is 15.6. The van der Waals surface area contributed by atoms with Crippen LogP contribution in [0.25, 0.3) is 11.0 Å². The third-order valence-electron chi connectivity index (χ3n) is 4.52. The minimum atomic E-state index is -1.18. The summed E-state index contributed by atoms with van der Waals surface area (Å²) in [4.78, 5) is 29.1. The summed E-state index contributed by atoms with van der Waals surface area (Å²) in [5.41, 5.74) is 0.763. The predicted molar refractivity (Wildman–Crippen MR) is 103 cm³/mol. The zero-order chi connectivity index (χ0) is 21.1. The number of hydrogen-bond donors (Lipinski definition) is 4. The Bertz CT molecular complexity index is 1110. The number of benzene rings is 1. The van der Waals surface area contributed by atoms with Crippen molar-refractivity contribution in [3.8, 4) is 5.75 Å². The van der Waals surface area contributed by atoms with Crippen molar-refractivity contribution in [2.75, 3.05) is 13.2 Å². The van der Waals surface area contributed by atoms with Gasteiger partial charge in [-0.3, -0.25) is 14.6 Å². The molecule has 0 aliphatic heterocycles. The summed E-state index contributed by atoms with van der Waals surface area (Å²) >= 11 is 0. The number of aromatic hydroxyl groups is 1. The average Bonchev–Trinajstić information content (AvgIpc) is 2.72. The highest BCUT2D eigenvalue weighted by Crippen LogP contribution is 2.25. The van der Waals surface area contributed by atoms with Crippen molar-refractivity contribution >= 4 is 16.9 Å². The number of aromatic nitrogens is 2. The van der Waals surface area contributed by atoms with E-state index in [1.165, 1.54) is 29.9 Å². The molecule has 9 heteroatoms. The van der Waals surface area contributed by atoms with Crippen LogP contribution in [-0.2, 0) is 13.5 Å². The fraction of sp³-hybridized carbons (Fsp3) is 0.250. The van der Waals surface area contributed by atoms with Crippen LogP contribution in [0.2, 0.25) is 0 Å². The van der Waals surface area contributed by atoms with Gasteiger partial charge < -0.3 is 25.2 Å². The lowest BCUT2D eigenvalue weighted by Gasteiger charge is -2.13. The van der Waals surface area contributed by atoms with E-state index >= 15 is 0 Å². The van der Waals surface area contributed by atoms with Gasteiger partial charge in [-0.15, -0.1) is 0 Å². The van der Waals surface area contributed by atoms with Gasteiger partial charge in [-0.1, -0.05) is 12.1 Å². The van der Waals surface area contributed by atoms with Gasteiger partial charge in [0.25, 0.3) is 11.5 Å². The van der Waals surface area contributed by atoms with Crippen LogP contribution in [0.1, 0.15) is 21.5 Å². The number of fused-ring (bicyclic) bond motifs is 1. The Morgan fingerprint density at radius 3 is 2.62 bits per heavy atom. The average molecular weight is 401 g/mol. The number of aryl methyl sites for hydroxylation is 1. The molecule has 0 fully saturated rings. The van der Waals surface area contributed by atoms with Gasteiger partial charge in [-0.2, -0.15) is 0 Å². The first-order valence-corrected chi connectivity index (χ1v) is 8.84. The van der Waals surface area contributed by atoms with Gasteiger partial charge in [0.1, 0.15) is 16.9 Å². The lowest BCUT2D eigenvalue weighted by Crippen LogP contribution is -2.37.